The Hall–Kier alpha value is -3.51. The summed E-state index contributed by atoms with van der Waals surface area (Å²) in [4.78, 5) is 29.0. The Morgan fingerprint density at radius 3 is 2.62 bits per heavy atom. The molecule has 12 heteroatoms. The van der Waals surface area contributed by atoms with E-state index < -0.39 is 33.7 Å². The molecule has 0 spiro atoms. The van der Waals surface area contributed by atoms with E-state index in [1.165, 1.54) is 39.5 Å². The zero-order chi connectivity index (χ0) is 23.6. The van der Waals surface area contributed by atoms with Crippen LogP contribution in [0.5, 0.6) is 5.75 Å². The number of amides is 1. The van der Waals surface area contributed by atoms with Crippen molar-refractivity contribution in [2.75, 3.05) is 25.9 Å². The third kappa shape index (κ3) is 5.03. The molecule has 0 aliphatic rings. The van der Waals surface area contributed by atoms with E-state index in [4.69, 9.17) is 9.15 Å². The van der Waals surface area contributed by atoms with Crippen molar-refractivity contribution < 1.29 is 26.8 Å². The Morgan fingerprint density at radius 1 is 1.25 bits per heavy atom. The summed E-state index contributed by atoms with van der Waals surface area (Å²) in [7, 11) is 0.374. The molecule has 3 aromatic rings. The average Bonchev–Trinajstić information content (AvgIpc) is 2.73. The molecule has 0 fully saturated rings. The van der Waals surface area contributed by atoms with E-state index in [1.54, 1.807) is 13.0 Å². The zero-order valence-electron chi connectivity index (χ0n) is 17.7. The smallest absolute Gasteiger partial charge is 0.414 e. The van der Waals surface area contributed by atoms with Gasteiger partial charge in [-0.2, -0.15) is 8.42 Å². The van der Waals surface area contributed by atoms with Gasteiger partial charge in [0.2, 0.25) is 0 Å². The minimum Gasteiger partial charge on any atom is -0.423 e. The van der Waals surface area contributed by atoms with Crippen molar-refractivity contribution in [3.8, 4) is 5.75 Å². The number of ether oxygens (including phenoxy) is 1. The molecule has 0 saturated heterocycles. The van der Waals surface area contributed by atoms with Gasteiger partial charge in [0.1, 0.15) is 11.4 Å². The summed E-state index contributed by atoms with van der Waals surface area (Å²) in [5.74, 6) is -1.58. The number of fused-ring (bicyclic) bond motifs is 1. The fraction of sp³-hybridized carbons (Fsp3) is 0.250. The molecule has 2 N–H and O–H groups in total. The Balaban J connectivity index is 2.06. The number of nitrogens with one attached hydrogen (secondary N) is 2. The lowest BCUT2D eigenvalue weighted by molar-refractivity contribution is 0.170. The maximum absolute atomic E-state index is 14.7. The Morgan fingerprint density at radius 2 is 1.97 bits per heavy atom. The van der Waals surface area contributed by atoms with Gasteiger partial charge in [-0.3, -0.25) is 4.72 Å². The van der Waals surface area contributed by atoms with Crippen LogP contribution in [0.25, 0.3) is 11.0 Å². The monoisotopic (exact) mass is 464 g/mol. The largest absolute Gasteiger partial charge is 0.423 e. The van der Waals surface area contributed by atoms with E-state index in [0.29, 0.717) is 16.5 Å². The normalized spacial score (nSPS) is 12.4. The highest BCUT2D eigenvalue weighted by atomic mass is 32.2. The molecular weight excluding hydrogens is 443 g/mol. The van der Waals surface area contributed by atoms with Gasteiger partial charge in [0.15, 0.2) is 11.6 Å². The number of aromatic nitrogens is 1. The van der Waals surface area contributed by atoms with Crippen molar-refractivity contribution in [3.05, 3.63) is 63.9 Å². The van der Waals surface area contributed by atoms with Gasteiger partial charge in [-0.25, -0.2) is 23.7 Å². The van der Waals surface area contributed by atoms with E-state index in [2.05, 4.69) is 14.4 Å². The van der Waals surface area contributed by atoms with Crippen LogP contribution in [-0.2, 0) is 10.2 Å². The third-order valence-corrected chi connectivity index (χ3v) is 5.66. The molecule has 0 saturated carbocycles. The Labute approximate surface area is 183 Å². The second-order valence-corrected chi connectivity index (χ2v) is 8.69. The van der Waals surface area contributed by atoms with Gasteiger partial charge in [0.05, 0.1) is 0 Å². The predicted octanol–water partition coefficient (Wildman–Crippen LogP) is 2.42. The molecule has 170 valence electrons. The number of halogens is 1. The molecule has 32 heavy (non-hydrogen) atoms. The molecule has 1 unspecified atom stereocenters. The molecule has 2 aromatic heterocycles. The molecule has 2 heterocycles. The van der Waals surface area contributed by atoms with Crippen molar-refractivity contribution in [3.63, 3.8) is 0 Å². The number of hydrogen-bond acceptors (Lipinski definition) is 7. The number of carbonyl (C=O) groups is 1. The van der Waals surface area contributed by atoms with Gasteiger partial charge in [0.25, 0.3) is 10.2 Å². The summed E-state index contributed by atoms with van der Waals surface area (Å²) in [6, 6.07) is 6.64. The van der Waals surface area contributed by atoms with Gasteiger partial charge in [-0.15, -0.1) is 0 Å². The van der Waals surface area contributed by atoms with Crippen LogP contribution in [0.1, 0.15) is 24.0 Å². The lowest BCUT2D eigenvalue weighted by atomic mass is 9.91. The maximum Gasteiger partial charge on any atom is 0.414 e. The number of hydrogen-bond donors (Lipinski definition) is 2. The minimum absolute atomic E-state index is 0.0347. The summed E-state index contributed by atoms with van der Waals surface area (Å²) >= 11 is 0. The molecule has 0 aliphatic heterocycles. The molecule has 0 aliphatic carbocycles. The lowest BCUT2D eigenvalue weighted by Gasteiger charge is -2.16. The van der Waals surface area contributed by atoms with Gasteiger partial charge in [-0.05, 0) is 29.3 Å². The van der Waals surface area contributed by atoms with E-state index in [-0.39, 0.29) is 17.2 Å². The van der Waals surface area contributed by atoms with E-state index >= 15 is 0 Å². The first kappa shape index (κ1) is 23.2. The third-order valence-electron chi connectivity index (χ3n) is 4.65. The summed E-state index contributed by atoms with van der Waals surface area (Å²) in [5.41, 5.74) is 0.409. The second kappa shape index (κ2) is 8.93. The van der Waals surface area contributed by atoms with E-state index in [0.717, 1.165) is 17.0 Å². The second-order valence-electron chi connectivity index (χ2n) is 7.07. The van der Waals surface area contributed by atoms with Crippen LogP contribution in [0.4, 0.5) is 15.0 Å². The van der Waals surface area contributed by atoms with Crippen molar-refractivity contribution in [2.24, 2.45) is 0 Å². The van der Waals surface area contributed by atoms with Crippen LogP contribution >= 0.6 is 0 Å². The van der Waals surface area contributed by atoms with Crippen LogP contribution in [-0.4, -0.2) is 45.5 Å². The molecule has 0 bridgehead atoms. The zero-order valence-corrected chi connectivity index (χ0v) is 18.5. The quantitative estimate of drug-likeness (QED) is 0.536. The van der Waals surface area contributed by atoms with Crippen molar-refractivity contribution in [1.29, 1.82) is 0 Å². The van der Waals surface area contributed by atoms with Crippen LogP contribution in [0.15, 0.2) is 45.7 Å². The molecule has 1 amide bonds. The number of nitrogens with zero attached hydrogens (tertiary/aromatic N) is 2. The van der Waals surface area contributed by atoms with Crippen LogP contribution in [0.3, 0.4) is 0 Å². The number of carbonyl (C=O) groups excluding carboxylic acids is 1. The summed E-state index contributed by atoms with van der Waals surface area (Å²) < 4.78 is 52.7. The van der Waals surface area contributed by atoms with Gasteiger partial charge < -0.3 is 14.1 Å². The first-order valence-electron chi connectivity index (χ1n) is 9.34. The van der Waals surface area contributed by atoms with Crippen molar-refractivity contribution in [1.82, 2.24) is 14.6 Å². The predicted molar refractivity (Wildman–Crippen MR) is 116 cm³/mol. The van der Waals surface area contributed by atoms with Gasteiger partial charge in [-0.1, -0.05) is 6.92 Å². The molecule has 10 nitrogen and oxygen atoms in total. The number of rotatable bonds is 6. The first-order valence-corrected chi connectivity index (χ1v) is 10.8. The number of benzene rings is 1. The van der Waals surface area contributed by atoms with E-state index in [1.807, 2.05) is 0 Å². The fourth-order valence-electron chi connectivity index (χ4n) is 2.95. The summed E-state index contributed by atoms with van der Waals surface area (Å²) in [6.45, 7) is 1.76. The highest BCUT2D eigenvalue weighted by Crippen LogP contribution is 2.33. The van der Waals surface area contributed by atoms with Gasteiger partial charge >= 0.3 is 11.7 Å². The number of pyridine rings is 1. The fourth-order valence-corrected chi connectivity index (χ4v) is 3.44. The summed E-state index contributed by atoms with van der Waals surface area (Å²) in [6.07, 6.45) is 0.621. The van der Waals surface area contributed by atoms with Crippen LogP contribution < -0.4 is 19.8 Å². The lowest BCUT2D eigenvalue weighted by Crippen LogP contribution is -2.26. The molecular formula is C20H21FN4O6S. The topological polar surface area (TPSA) is 131 Å². The summed E-state index contributed by atoms with van der Waals surface area (Å²) in [5, 5.41) is 0.299. The standard InChI is InChI=1S/C20H21FN4O6S/c1-11(12-5-6-23-18(7-12)24-32(28,29)22-2)13-9-19(26)30-16-10-17(15(21)8-14(13)16)31-20(27)25(3)4/h5-11,22H,1-4H3,(H,23,24). The molecule has 1 atom stereocenters. The highest BCUT2D eigenvalue weighted by molar-refractivity contribution is 7.90. The Kier molecular flexibility index (Phi) is 6.46. The van der Waals surface area contributed by atoms with Crippen molar-refractivity contribution >= 4 is 33.1 Å². The first-order chi connectivity index (χ1) is 15.0. The molecule has 0 radical (unpaired) electrons. The SMILES string of the molecule is CNS(=O)(=O)Nc1cc(C(C)c2cc(=O)oc3cc(OC(=O)N(C)C)c(F)cc23)ccn1. The average molecular weight is 464 g/mol. The maximum atomic E-state index is 14.7. The van der Waals surface area contributed by atoms with Crippen LogP contribution in [0.2, 0.25) is 0 Å². The van der Waals surface area contributed by atoms with E-state index in [9.17, 15) is 22.4 Å². The minimum atomic E-state index is -3.77. The Bertz CT molecular complexity index is 1340. The van der Waals surface area contributed by atoms with Gasteiger partial charge in [0, 0.05) is 50.8 Å². The molecule has 1 aromatic carbocycles. The van der Waals surface area contributed by atoms with Crippen LogP contribution in [0, 0.1) is 5.82 Å². The highest BCUT2D eigenvalue weighted by Gasteiger charge is 2.20. The molecule has 3 rings (SSSR count). The number of anilines is 1. The van der Waals surface area contributed by atoms with Crippen molar-refractivity contribution in [2.45, 2.75) is 12.8 Å².